The summed E-state index contributed by atoms with van der Waals surface area (Å²) in [7, 11) is 0. The molecule has 0 aliphatic carbocycles. The van der Waals surface area contributed by atoms with Gasteiger partial charge in [-0.3, -0.25) is 5.32 Å². The highest BCUT2D eigenvalue weighted by Gasteiger charge is 2.10. The third kappa shape index (κ3) is 7.30. The summed E-state index contributed by atoms with van der Waals surface area (Å²) in [6, 6.07) is 6.03. The number of carbonyl (C=O) groups is 1. The molecule has 1 aromatic carbocycles. The summed E-state index contributed by atoms with van der Waals surface area (Å²) in [5, 5.41) is 15.1. The van der Waals surface area contributed by atoms with Crippen molar-refractivity contribution in [1.29, 1.82) is 5.26 Å². The predicted octanol–water partition coefficient (Wildman–Crippen LogP) is 5.15. The number of anilines is 1. The van der Waals surface area contributed by atoms with Crippen LogP contribution in [0.15, 0.2) is 67.0 Å². The van der Waals surface area contributed by atoms with Gasteiger partial charge >= 0.3 is 6.09 Å². The Morgan fingerprint density at radius 3 is 2.68 bits per heavy atom. The van der Waals surface area contributed by atoms with Gasteiger partial charge in [0.2, 0.25) is 0 Å². The zero-order valence-corrected chi connectivity index (χ0v) is 16.1. The number of nitriles is 1. The van der Waals surface area contributed by atoms with Crippen LogP contribution in [-0.2, 0) is 4.74 Å². The lowest BCUT2D eigenvalue weighted by atomic mass is 10.2. The quantitative estimate of drug-likeness (QED) is 0.573. The number of benzene rings is 1. The molecule has 0 unspecified atom stereocenters. The van der Waals surface area contributed by atoms with Crippen molar-refractivity contribution in [3.8, 4) is 11.8 Å². The van der Waals surface area contributed by atoms with E-state index < -0.39 is 11.9 Å². The Bertz CT molecular complexity index is 903. The number of ether oxygens (including phenoxy) is 1. The van der Waals surface area contributed by atoms with Crippen LogP contribution in [0.2, 0.25) is 0 Å². The smallest absolute Gasteiger partial charge is 0.411 e. The molecule has 0 aliphatic rings. The van der Waals surface area contributed by atoms with Crippen molar-refractivity contribution in [1.82, 2.24) is 9.78 Å². The minimum absolute atomic E-state index is 0.114. The maximum Gasteiger partial charge on any atom is 0.411 e. The average Bonchev–Trinajstić information content (AvgIpc) is 3.16. The first-order valence-corrected chi connectivity index (χ1v) is 8.49. The van der Waals surface area contributed by atoms with E-state index in [9.17, 15) is 9.18 Å². The van der Waals surface area contributed by atoms with Crippen LogP contribution < -0.4 is 5.32 Å². The van der Waals surface area contributed by atoms with E-state index in [1.807, 2.05) is 32.1 Å². The van der Waals surface area contributed by atoms with E-state index in [1.165, 1.54) is 29.2 Å². The molecule has 28 heavy (non-hydrogen) atoms. The first kappa shape index (κ1) is 22.4. The number of nitrogens with zero attached hydrogens (tertiary/aromatic N) is 3. The molecule has 1 amide bonds. The number of nitrogens with one attached hydrogen (secondary N) is 1. The number of amides is 1. The molecular formula is C21H23FN4O2. The van der Waals surface area contributed by atoms with Gasteiger partial charge in [0.25, 0.3) is 0 Å². The molecule has 0 saturated heterocycles. The second-order valence-electron chi connectivity index (χ2n) is 5.57. The highest BCUT2D eigenvalue weighted by Crippen LogP contribution is 2.18. The fraction of sp³-hybridized carbons (Fsp3) is 0.190. The first-order chi connectivity index (χ1) is 13.4. The summed E-state index contributed by atoms with van der Waals surface area (Å²) in [4.78, 5) is 11.7. The summed E-state index contributed by atoms with van der Waals surface area (Å²) >= 11 is 0. The highest BCUT2D eigenvalue weighted by molar-refractivity contribution is 5.84. The SMILES string of the molecule is C/C=C\C.C=C/C=C(\C)COC(=O)Nc1ccc(-n2cc(C#N)cn2)c(F)c1. The first-order valence-electron chi connectivity index (χ1n) is 8.49. The predicted molar refractivity (Wildman–Crippen MR) is 108 cm³/mol. The van der Waals surface area contributed by atoms with Gasteiger partial charge in [-0.25, -0.2) is 13.9 Å². The lowest BCUT2D eigenvalue weighted by Crippen LogP contribution is -2.15. The molecule has 0 fully saturated rings. The van der Waals surface area contributed by atoms with Crippen LogP contribution in [-0.4, -0.2) is 22.5 Å². The van der Waals surface area contributed by atoms with Crippen molar-refractivity contribution >= 4 is 11.8 Å². The van der Waals surface area contributed by atoms with Crippen LogP contribution in [0.5, 0.6) is 0 Å². The number of carbonyl (C=O) groups excluding carboxylic acids is 1. The minimum Gasteiger partial charge on any atom is -0.445 e. The maximum atomic E-state index is 14.2. The summed E-state index contributed by atoms with van der Waals surface area (Å²) < 4.78 is 20.4. The highest BCUT2D eigenvalue weighted by atomic mass is 19.1. The summed E-state index contributed by atoms with van der Waals surface area (Å²) in [5.41, 5.74) is 1.57. The molecule has 0 saturated carbocycles. The van der Waals surface area contributed by atoms with Gasteiger partial charge in [-0.1, -0.05) is 30.9 Å². The van der Waals surface area contributed by atoms with Crippen LogP contribution in [0.25, 0.3) is 5.69 Å². The van der Waals surface area contributed by atoms with Gasteiger partial charge in [-0.05, 0) is 44.5 Å². The fourth-order valence-corrected chi connectivity index (χ4v) is 1.87. The Morgan fingerprint density at radius 2 is 2.14 bits per heavy atom. The summed E-state index contributed by atoms with van der Waals surface area (Å²) in [6.07, 6.45) is 9.38. The molecule has 0 atom stereocenters. The van der Waals surface area contributed by atoms with E-state index in [0.29, 0.717) is 5.56 Å². The Morgan fingerprint density at radius 1 is 1.43 bits per heavy atom. The molecule has 146 valence electrons. The Hall–Kier alpha value is -3.66. The molecule has 2 aromatic rings. The van der Waals surface area contributed by atoms with E-state index in [0.717, 1.165) is 11.6 Å². The monoisotopic (exact) mass is 382 g/mol. The number of rotatable bonds is 5. The van der Waals surface area contributed by atoms with Gasteiger partial charge < -0.3 is 4.74 Å². The number of allylic oxidation sites excluding steroid dienone is 4. The van der Waals surface area contributed by atoms with Crippen LogP contribution in [0.3, 0.4) is 0 Å². The number of hydrogen-bond acceptors (Lipinski definition) is 4. The Balaban J connectivity index is 0.000000892. The normalized spacial score (nSPS) is 10.6. The van der Waals surface area contributed by atoms with Crippen molar-refractivity contribution < 1.29 is 13.9 Å². The van der Waals surface area contributed by atoms with Gasteiger partial charge in [0.1, 0.15) is 18.4 Å². The minimum atomic E-state index is -0.690. The number of hydrogen-bond donors (Lipinski definition) is 1. The maximum absolute atomic E-state index is 14.2. The van der Waals surface area contributed by atoms with Gasteiger partial charge in [-0.2, -0.15) is 10.4 Å². The molecule has 0 spiro atoms. The lowest BCUT2D eigenvalue weighted by Gasteiger charge is -2.09. The van der Waals surface area contributed by atoms with E-state index in [2.05, 4.69) is 17.0 Å². The van der Waals surface area contributed by atoms with E-state index in [-0.39, 0.29) is 18.0 Å². The molecule has 6 nitrogen and oxygen atoms in total. The zero-order chi connectivity index (χ0) is 20.9. The second kappa shape index (κ2) is 11.9. The molecule has 0 bridgehead atoms. The third-order valence-electron chi connectivity index (χ3n) is 3.32. The summed E-state index contributed by atoms with van der Waals surface area (Å²) in [6.45, 7) is 9.45. The van der Waals surface area contributed by atoms with Crippen molar-refractivity contribution in [2.24, 2.45) is 0 Å². The lowest BCUT2D eigenvalue weighted by molar-refractivity contribution is 0.171. The molecule has 1 N–H and O–H groups in total. The average molecular weight is 382 g/mol. The fourth-order valence-electron chi connectivity index (χ4n) is 1.87. The van der Waals surface area contributed by atoms with Gasteiger partial charge in [0.05, 0.1) is 11.8 Å². The van der Waals surface area contributed by atoms with Crippen molar-refractivity contribution in [2.75, 3.05) is 11.9 Å². The van der Waals surface area contributed by atoms with Crippen molar-refractivity contribution in [2.45, 2.75) is 20.8 Å². The largest absolute Gasteiger partial charge is 0.445 e. The molecular weight excluding hydrogens is 359 g/mol. The molecule has 0 radical (unpaired) electrons. The zero-order valence-electron chi connectivity index (χ0n) is 16.1. The van der Waals surface area contributed by atoms with Gasteiger partial charge in [0.15, 0.2) is 5.82 Å². The van der Waals surface area contributed by atoms with E-state index in [4.69, 9.17) is 10.00 Å². The van der Waals surface area contributed by atoms with Crippen LogP contribution >= 0.6 is 0 Å². The standard InChI is InChI=1S/C17H15FN4O2.C4H8/c1-3-4-12(2)11-24-17(23)21-14-5-6-16(15(18)7-14)22-10-13(8-19)9-20-22;1-3-4-2/h3-7,9-10H,1,11H2,2H3,(H,21,23);3-4H,1-2H3/b12-4+;4-3-. The second-order valence-corrected chi connectivity index (χ2v) is 5.57. The molecule has 1 heterocycles. The molecule has 7 heteroatoms. The number of halogens is 1. The van der Waals surface area contributed by atoms with E-state index in [1.54, 1.807) is 19.1 Å². The van der Waals surface area contributed by atoms with Gasteiger partial charge in [-0.15, -0.1) is 0 Å². The molecule has 0 aliphatic heterocycles. The Kier molecular flexibility index (Phi) is 9.48. The van der Waals surface area contributed by atoms with Crippen LogP contribution in [0, 0.1) is 17.1 Å². The Labute approximate surface area is 164 Å². The van der Waals surface area contributed by atoms with Crippen molar-refractivity contribution in [3.63, 3.8) is 0 Å². The van der Waals surface area contributed by atoms with Crippen LogP contribution in [0.1, 0.15) is 26.3 Å². The van der Waals surface area contributed by atoms with Crippen molar-refractivity contribution in [3.05, 3.63) is 78.4 Å². The van der Waals surface area contributed by atoms with Gasteiger partial charge in [0, 0.05) is 11.9 Å². The topological polar surface area (TPSA) is 79.9 Å². The molecule has 1 aromatic heterocycles. The molecule has 2 rings (SSSR count). The van der Waals surface area contributed by atoms with E-state index >= 15 is 0 Å². The van der Waals surface area contributed by atoms with Crippen LogP contribution in [0.4, 0.5) is 14.9 Å². The number of aromatic nitrogens is 2. The third-order valence-corrected chi connectivity index (χ3v) is 3.32. The summed E-state index contributed by atoms with van der Waals surface area (Å²) in [5.74, 6) is -0.594.